The number of allylic oxidation sites excluding steroid dienone is 2. The molecule has 0 aromatic carbocycles. The van der Waals surface area contributed by atoms with E-state index in [1.807, 2.05) is 0 Å². The number of rotatable bonds is 16. The van der Waals surface area contributed by atoms with Crippen LogP contribution < -0.4 is 0 Å². The second kappa shape index (κ2) is 16.6. The minimum Gasteiger partial charge on any atom is -0.0885 e. The lowest BCUT2D eigenvalue weighted by Crippen LogP contribution is -1.92. The van der Waals surface area contributed by atoms with Crippen molar-refractivity contribution in [2.24, 2.45) is 5.92 Å². The summed E-state index contributed by atoms with van der Waals surface area (Å²) < 4.78 is 0. The second-order valence-electron chi connectivity index (χ2n) is 7.88. The van der Waals surface area contributed by atoms with E-state index in [-0.39, 0.29) is 0 Å². The highest BCUT2D eigenvalue weighted by Crippen LogP contribution is 2.29. The highest BCUT2D eigenvalue weighted by molar-refractivity contribution is 4.81. The fourth-order valence-electron chi connectivity index (χ4n) is 3.98. The lowest BCUT2D eigenvalue weighted by molar-refractivity contribution is 0.461. The van der Waals surface area contributed by atoms with Gasteiger partial charge in [0.05, 0.1) is 0 Å². The fourth-order valence-corrected chi connectivity index (χ4v) is 3.98. The molecule has 0 aromatic heterocycles. The van der Waals surface area contributed by atoms with Crippen LogP contribution in [0.25, 0.3) is 0 Å². The molecule has 0 N–H and O–H groups in total. The van der Waals surface area contributed by atoms with Crippen LogP contribution in [0.5, 0.6) is 0 Å². The third kappa shape index (κ3) is 13.8. The van der Waals surface area contributed by atoms with Gasteiger partial charge in [0.2, 0.25) is 0 Å². The largest absolute Gasteiger partial charge is 0.0885 e. The number of hydrogen-bond donors (Lipinski definition) is 0. The second-order valence-corrected chi connectivity index (χ2v) is 7.88. The van der Waals surface area contributed by atoms with Crippen molar-refractivity contribution >= 4 is 0 Å². The van der Waals surface area contributed by atoms with Crippen LogP contribution in [-0.4, -0.2) is 0 Å². The summed E-state index contributed by atoms with van der Waals surface area (Å²) in [5.41, 5.74) is 0. The van der Waals surface area contributed by atoms with Gasteiger partial charge in [-0.1, -0.05) is 115 Å². The third-order valence-electron chi connectivity index (χ3n) is 5.60. The zero-order valence-electron chi connectivity index (χ0n) is 16.2. The molecular formula is C23H44. The number of hydrogen-bond acceptors (Lipinski definition) is 0. The molecule has 0 heteroatoms. The summed E-state index contributed by atoms with van der Waals surface area (Å²) in [5, 5.41) is 0. The van der Waals surface area contributed by atoms with Gasteiger partial charge in [-0.25, -0.2) is 0 Å². The first kappa shape index (κ1) is 20.8. The maximum Gasteiger partial charge on any atom is -0.0351 e. The minimum atomic E-state index is 1.10. The molecule has 0 bridgehead atoms. The van der Waals surface area contributed by atoms with Gasteiger partial charge in [-0.2, -0.15) is 0 Å². The topological polar surface area (TPSA) is 0 Å². The van der Waals surface area contributed by atoms with E-state index in [1.54, 1.807) is 0 Å². The van der Waals surface area contributed by atoms with Crippen LogP contribution in [0, 0.1) is 5.92 Å². The molecule has 1 rings (SSSR count). The Kier molecular flexibility index (Phi) is 15.0. The van der Waals surface area contributed by atoms with Gasteiger partial charge in [0, 0.05) is 0 Å². The van der Waals surface area contributed by atoms with Crippen LogP contribution in [0.2, 0.25) is 0 Å². The van der Waals surface area contributed by atoms with E-state index in [1.165, 1.54) is 122 Å². The molecule has 23 heavy (non-hydrogen) atoms. The van der Waals surface area contributed by atoms with E-state index >= 15 is 0 Å². The highest BCUT2D eigenvalue weighted by Gasteiger charge is 2.13. The maximum absolute atomic E-state index is 2.44. The molecular weight excluding hydrogens is 276 g/mol. The Labute approximate surface area is 147 Å². The lowest BCUT2D eigenvalue weighted by Gasteiger charge is -2.07. The van der Waals surface area contributed by atoms with Crippen molar-refractivity contribution in [3.8, 4) is 0 Å². The van der Waals surface area contributed by atoms with Gasteiger partial charge in [-0.15, -0.1) is 0 Å². The molecule has 1 aliphatic rings. The first-order valence-electron chi connectivity index (χ1n) is 11.1. The Hall–Kier alpha value is -0.260. The molecule has 0 nitrogen and oxygen atoms in total. The molecule has 0 saturated heterocycles. The predicted octanol–water partition coefficient (Wildman–Crippen LogP) is 8.60. The Balaban J connectivity index is 1.69. The Bertz CT molecular complexity index is 247. The number of unbranched alkanes of at least 4 members (excludes halogenated alkanes) is 12. The van der Waals surface area contributed by atoms with Crippen molar-refractivity contribution in [3.63, 3.8) is 0 Å². The predicted molar refractivity (Wildman–Crippen MR) is 106 cm³/mol. The molecule has 0 atom stereocenters. The van der Waals surface area contributed by atoms with E-state index in [0.717, 1.165) is 5.92 Å². The summed E-state index contributed by atoms with van der Waals surface area (Å²) in [7, 11) is 0. The van der Waals surface area contributed by atoms with Gasteiger partial charge in [0.15, 0.2) is 0 Å². The van der Waals surface area contributed by atoms with Crippen molar-refractivity contribution in [1.82, 2.24) is 0 Å². The first-order valence-corrected chi connectivity index (χ1v) is 11.1. The van der Waals surface area contributed by atoms with Gasteiger partial charge in [-0.05, 0) is 31.6 Å². The Morgan fingerprint density at radius 1 is 0.609 bits per heavy atom. The molecule has 1 aliphatic carbocycles. The molecule has 0 radical (unpaired) electrons. The normalized spacial score (nSPS) is 15.9. The summed E-state index contributed by atoms with van der Waals surface area (Å²) in [4.78, 5) is 0. The SMILES string of the molecule is CCCCCCCC/C=C/CCCCCCCCC1CCCC1. The molecule has 0 unspecified atom stereocenters. The van der Waals surface area contributed by atoms with Gasteiger partial charge in [-0.3, -0.25) is 0 Å². The maximum atomic E-state index is 2.44. The van der Waals surface area contributed by atoms with Crippen molar-refractivity contribution in [1.29, 1.82) is 0 Å². The summed E-state index contributed by atoms with van der Waals surface area (Å²) >= 11 is 0. The van der Waals surface area contributed by atoms with Gasteiger partial charge in [0.1, 0.15) is 0 Å². The van der Waals surface area contributed by atoms with Crippen molar-refractivity contribution in [2.75, 3.05) is 0 Å². The summed E-state index contributed by atoms with van der Waals surface area (Å²) in [6.07, 6.45) is 32.4. The van der Waals surface area contributed by atoms with Gasteiger partial charge in [0.25, 0.3) is 0 Å². The molecule has 0 heterocycles. The van der Waals surface area contributed by atoms with E-state index in [4.69, 9.17) is 0 Å². The van der Waals surface area contributed by atoms with Crippen LogP contribution in [0.3, 0.4) is 0 Å². The summed E-state index contributed by atoms with van der Waals surface area (Å²) in [6, 6.07) is 0. The zero-order valence-corrected chi connectivity index (χ0v) is 16.2. The quantitative estimate of drug-likeness (QED) is 0.197. The van der Waals surface area contributed by atoms with Crippen molar-refractivity contribution in [3.05, 3.63) is 12.2 Å². The van der Waals surface area contributed by atoms with Crippen molar-refractivity contribution < 1.29 is 0 Å². The van der Waals surface area contributed by atoms with Crippen molar-refractivity contribution in [2.45, 2.75) is 129 Å². The van der Waals surface area contributed by atoms with Crippen LogP contribution in [0.1, 0.15) is 129 Å². The lowest BCUT2D eigenvalue weighted by atomic mass is 9.99. The molecule has 1 saturated carbocycles. The van der Waals surface area contributed by atoms with E-state index in [0.29, 0.717) is 0 Å². The van der Waals surface area contributed by atoms with E-state index in [9.17, 15) is 0 Å². The van der Waals surface area contributed by atoms with Crippen LogP contribution in [0.4, 0.5) is 0 Å². The molecule has 0 amide bonds. The molecule has 136 valence electrons. The zero-order chi connectivity index (χ0) is 16.4. The first-order chi connectivity index (χ1) is 11.4. The Morgan fingerprint density at radius 3 is 1.65 bits per heavy atom. The molecule has 1 fully saturated rings. The van der Waals surface area contributed by atoms with Crippen LogP contribution >= 0.6 is 0 Å². The van der Waals surface area contributed by atoms with E-state index in [2.05, 4.69) is 19.1 Å². The van der Waals surface area contributed by atoms with E-state index < -0.39 is 0 Å². The molecule has 0 spiro atoms. The smallest absolute Gasteiger partial charge is 0.0351 e. The summed E-state index contributed by atoms with van der Waals surface area (Å²) in [6.45, 7) is 2.29. The Morgan fingerprint density at radius 2 is 1.09 bits per heavy atom. The third-order valence-corrected chi connectivity index (χ3v) is 5.60. The van der Waals surface area contributed by atoms with Crippen LogP contribution in [0.15, 0.2) is 12.2 Å². The average molecular weight is 321 g/mol. The standard InChI is InChI=1S/C23H44/c1-2-3-4-5-6-7-8-9-10-11-12-13-14-15-16-17-20-23-21-18-19-22-23/h9-10,23H,2-8,11-22H2,1H3/b10-9+. The van der Waals surface area contributed by atoms with Crippen LogP contribution in [-0.2, 0) is 0 Å². The highest BCUT2D eigenvalue weighted by atomic mass is 14.2. The summed E-state index contributed by atoms with van der Waals surface area (Å²) in [5.74, 6) is 1.10. The van der Waals surface area contributed by atoms with Gasteiger partial charge >= 0.3 is 0 Å². The van der Waals surface area contributed by atoms with Gasteiger partial charge < -0.3 is 0 Å². The minimum absolute atomic E-state index is 1.10. The monoisotopic (exact) mass is 320 g/mol. The average Bonchev–Trinajstić information content (AvgIpc) is 3.08. The fraction of sp³-hybridized carbons (Fsp3) is 0.913. The molecule has 0 aromatic rings. The molecule has 0 aliphatic heterocycles.